The second kappa shape index (κ2) is 7.84. The lowest BCUT2D eigenvalue weighted by molar-refractivity contribution is -0.130. The van der Waals surface area contributed by atoms with Crippen LogP contribution in [0.15, 0.2) is 10.6 Å². The summed E-state index contributed by atoms with van der Waals surface area (Å²) >= 11 is 0. The molecular weight excluding hydrogens is 266 g/mol. The molecule has 0 spiro atoms. The van der Waals surface area contributed by atoms with Gasteiger partial charge in [0.2, 0.25) is 5.91 Å². The van der Waals surface area contributed by atoms with Gasteiger partial charge in [-0.1, -0.05) is 18.0 Å². The first-order valence-corrected chi connectivity index (χ1v) is 7.57. The van der Waals surface area contributed by atoms with E-state index >= 15 is 0 Å². The summed E-state index contributed by atoms with van der Waals surface area (Å²) in [6.45, 7) is 8.18. The highest BCUT2D eigenvalue weighted by molar-refractivity contribution is 5.78. The van der Waals surface area contributed by atoms with E-state index in [0.29, 0.717) is 12.2 Å². The molecule has 0 radical (unpaired) electrons. The third-order valence-corrected chi connectivity index (χ3v) is 3.55. The predicted octanol–water partition coefficient (Wildman–Crippen LogP) is 1.47. The monoisotopic (exact) mass is 289 g/mol. The molecule has 0 N–H and O–H groups in total. The van der Waals surface area contributed by atoms with Crippen molar-refractivity contribution in [2.45, 2.75) is 33.1 Å². The summed E-state index contributed by atoms with van der Waals surface area (Å²) in [7, 11) is 0. The number of carbonyl (C=O) groups is 1. The number of aryl methyl sites for hydroxylation is 1. The Morgan fingerprint density at radius 2 is 2.19 bits per heavy atom. The van der Waals surface area contributed by atoms with Crippen LogP contribution in [-0.2, 0) is 11.2 Å². The Bertz CT molecular complexity index is 527. The summed E-state index contributed by atoms with van der Waals surface area (Å²) in [4.78, 5) is 16.5. The zero-order chi connectivity index (χ0) is 15.1. The maximum atomic E-state index is 12.3. The smallest absolute Gasteiger partial charge is 0.230 e. The van der Waals surface area contributed by atoms with E-state index in [1.807, 2.05) is 17.9 Å². The maximum absolute atomic E-state index is 12.3. The van der Waals surface area contributed by atoms with E-state index in [1.54, 1.807) is 0 Å². The van der Waals surface area contributed by atoms with Crippen LogP contribution in [0.4, 0.5) is 0 Å². The van der Waals surface area contributed by atoms with Crippen LogP contribution < -0.4 is 0 Å². The fraction of sp³-hybridized carbons (Fsp3) is 0.625. The molecule has 1 aliphatic heterocycles. The van der Waals surface area contributed by atoms with Crippen molar-refractivity contribution >= 4 is 5.91 Å². The minimum Gasteiger partial charge on any atom is -0.361 e. The lowest BCUT2D eigenvalue weighted by Crippen LogP contribution is -2.36. The molecule has 5 heteroatoms. The average molecular weight is 289 g/mol. The van der Waals surface area contributed by atoms with Crippen molar-refractivity contribution in [1.29, 1.82) is 0 Å². The van der Waals surface area contributed by atoms with E-state index in [1.165, 1.54) is 0 Å². The zero-order valence-corrected chi connectivity index (χ0v) is 12.9. The molecule has 1 amide bonds. The molecule has 1 aromatic rings. The second-order valence-electron chi connectivity index (χ2n) is 5.33. The Labute approximate surface area is 126 Å². The summed E-state index contributed by atoms with van der Waals surface area (Å²) in [5, 5.41) is 3.82. The molecule has 0 saturated carbocycles. The van der Waals surface area contributed by atoms with Gasteiger partial charge in [0.15, 0.2) is 0 Å². The first-order valence-electron chi connectivity index (χ1n) is 7.57. The minimum absolute atomic E-state index is 0.118. The summed E-state index contributed by atoms with van der Waals surface area (Å²) in [6.07, 6.45) is 2.19. The van der Waals surface area contributed by atoms with E-state index in [2.05, 4.69) is 28.8 Å². The lowest BCUT2D eigenvalue weighted by atomic mass is 10.2. The van der Waals surface area contributed by atoms with Gasteiger partial charge in [-0.2, -0.15) is 0 Å². The highest BCUT2D eigenvalue weighted by Gasteiger charge is 2.20. The van der Waals surface area contributed by atoms with Crippen LogP contribution in [0.25, 0.3) is 0 Å². The summed E-state index contributed by atoms with van der Waals surface area (Å²) < 4.78 is 5.12. The standard InChI is InChI=1S/C16H23N3O2/c1-3-4-5-7-18-8-6-9-19(11-10-18)16(20)13-15-12-14(2)17-21-15/h12H,3,6-11,13H2,1-2H3. The van der Waals surface area contributed by atoms with Gasteiger partial charge in [0, 0.05) is 38.7 Å². The maximum Gasteiger partial charge on any atom is 0.230 e. The number of carbonyl (C=O) groups excluding carboxylic acids is 1. The average Bonchev–Trinajstić information content (AvgIpc) is 2.74. The number of rotatable bonds is 3. The molecule has 21 heavy (non-hydrogen) atoms. The topological polar surface area (TPSA) is 49.6 Å². The molecule has 5 nitrogen and oxygen atoms in total. The van der Waals surface area contributed by atoms with Crippen LogP contribution >= 0.6 is 0 Å². The van der Waals surface area contributed by atoms with Crippen molar-refractivity contribution in [3.05, 3.63) is 17.5 Å². The van der Waals surface area contributed by atoms with Gasteiger partial charge < -0.3 is 9.42 Å². The Morgan fingerprint density at radius 1 is 1.33 bits per heavy atom. The second-order valence-corrected chi connectivity index (χ2v) is 5.33. The van der Waals surface area contributed by atoms with Crippen molar-refractivity contribution in [2.75, 3.05) is 32.7 Å². The van der Waals surface area contributed by atoms with Crippen LogP contribution in [0.1, 0.15) is 31.2 Å². The minimum atomic E-state index is 0.118. The molecule has 0 bridgehead atoms. The Kier molecular flexibility index (Phi) is 5.82. The van der Waals surface area contributed by atoms with Crippen LogP contribution in [0.5, 0.6) is 0 Å². The molecule has 1 fully saturated rings. The molecule has 1 aromatic heterocycles. The third-order valence-electron chi connectivity index (χ3n) is 3.55. The van der Waals surface area contributed by atoms with Gasteiger partial charge in [-0.25, -0.2) is 0 Å². The van der Waals surface area contributed by atoms with Gasteiger partial charge in [0.25, 0.3) is 0 Å². The van der Waals surface area contributed by atoms with Crippen LogP contribution in [0, 0.1) is 18.8 Å². The number of hydrogen-bond acceptors (Lipinski definition) is 4. The number of hydrogen-bond donors (Lipinski definition) is 0. The number of amides is 1. The fourth-order valence-electron chi connectivity index (χ4n) is 2.43. The van der Waals surface area contributed by atoms with Crippen LogP contribution in [-0.4, -0.2) is 53.6 Å². The molecule has 0 atom stereocenters. The van der Waals surface area contributed by atoms with Gasteiger partial charge in [0.05, 0.1) is 18.7 Å². The normalized spacial score (nSPS) is 16.2. The quantitative estimate of drug-likeness (QED) is 0.791. The van der Waals surface area contributed by atoms with Gasteiger partial charge in [-0.05, 0) is 13.3 Å². The fourth-order valence-corrected chi connectivity index (χ4v) is 2.43. The SMILES string of the molecule is CCC#CCN1CCCN(C(=O)Cc2cc(C)no2)CC1. The highest BCUT2D eigenvalue weighted by atomic mass is 16.5. The first-order chi connectivity index (χ1) is 10.2. The molecular formula is C16H23N3O2. The van der Waals surface area contributed by atoms with E-state index in [4.69, 9.17) is 4.52 Å². The first kappa shape index (κ1) is 15.6. The Morgan fingerprint density at radius 3 is 2.90 bits per heavy atom. The van der Waals surface area contributed by atoms with Gasteiger partial charge >= 0.3 is 0 Å². The summed E-state index contributed by atoms with van der Waals surface area (Å²) in [5.41, 5.74) is 0.814. The van der Waals surface area contributed by atoms with Gasteiger partial charge in [-0.3, -0.25) is 9.69 Å². The number of aromatic nitrogens is 1. The summed E-state index contributed by atoms with van der Waals surface area (Å²) in [6, 6.07) is 1.82. The molecule has 114 valence electrons. The van der Waals surface area contributed by atoms with Crippen molar-refractivity contribution in [1.82, 2.24) is 15.0 Å². The predicted molar refractivity (Wildman–Crippen MR) is 80.6 cm³/mol. The Hall–Kier alpha value is -1.80. The molecule has 2 rings (SSSR count). The zero-order valence-electron chi connectivity index (χ0n) is 12.9. The van der Waals surface area contributed by atoms with Crippen LogP contribution in [0.3, 0.4) is 0 Å². The van der Waals surface area contributed by atoms with Crippen LogP contribution in [0.2, 0.25) is 0 Å². The summed E-state index contributed by atoms with van der Waals surface area (Å²) in [5.74, 6) is 7.03. The van der Waals surface area contributed by atoms with E-state index in [-0.39, 0.29) is 5.91 Å². The largest absolute Gasteiger partial charge is 0.361 e. The molecule has 2 heterocycles. The van der Waals surface area contributed by atoms with E-state index in [9.17, 15) is 4.79 Å². The van der Waals surface area contributed by atoms with Gasteiger partial charge in [0.1, 0.15) is 5.76 Å². The number of nitrogens with zero attached hydrogens (tertiary/aromatic N) is 3. The van der Waals surface area contributed by atoms with E-state index in [0.717, 1.165) is 51.3 Å². The third kappa shape index (κ3) is 4.91. The van der Waals surface area contributed by atoms with Crippen molar-refractivity contribution in [2.24, 2.45) is 0 Å². The van der Waals surface area contributed by atoms with Crippen molar-refractivity contribution in [3.63, 3.8) is 0 Å². The highest BCUT2D eigenvalue weighted by Crippen LogP contribution is 2.08. The molecule has 1 aliphatic rings. The van der Waals surface area contributed by atoms with Crippen molar-refractivity contribution in [3.8, 4) is 11.8 Å². The molecule has 1 saturated heterocycles. The molecule has 0 unspecified atom stereocenters. The lowest BCUT2D eigenvalue weighted by Gasteiger charge is -2.20. The van der Waals surface area contributed by atoms with E-state index < -0.39 is 0 Å². The Balaban J connectivity index is 1.83. The van der Waals surface area contributed by atoms with Crippen molar-refractivity contribution < 1.29 is 9.32 Å². The van der Waals surface area contributed by atoms with Gasteiger partial charge in [-0.15, -0.1) is 5.92 Å². The molecule has 0 aliphatic carbocycles. The molecule has 0 aromatic carbocycles.